The minimum absolute atomic E-state index is 0.817. The van der Waals surface area contributed by atoms with Crippen LogP contribution in [-0.4, -0.2) is 4.57 Å². The van der Waals surface area contributed by atoms with E-state index in [0.29, 0.717) is 0 Å². The van der Waals surface area contributed by atoms with Crippen molar-refractivity contribution in [3.63, 3.8) is 0 Å². The molecule has 60 heavy (non-hydrogen) atoms. The van der Waals surface area contributed by atoms with Gasteiger partial charge in [-0.25, -0.2) is 0 Å². The van der Waals surface area contributed by atoms with Gasteiger partial charge in [-0.05, 0) is 82.9 Å². The second-order valence-corrected chi connectivity index (χ2v) is 19.7. The first kappa shape index (κ1) is 33.9. The fourth-order valence-electron chi connectivity index (χ4n) is 10.6. The molecule has 3 nitrogen and oxygen atoms in total. The van der Waals surface area contributed by atoms with Crippen LogP contribution in [-0.2, 0) is 9.98 Å². The number of fused-ring (bicyclic) bond motifs is 14. The average Bonchev–Trinajstić information content (AvgIpc) is 3.86. The summed E-state index contributed by atoms with van der Waals surface area (Å²) in [6.07, 6.45) is 0. The Hall–Kier alpha value is -6.97. The zero-order chi connectivity index (χ0) is 39.6. The SMILES string of the molecule is O=P1(c2ccccc2)c2ccccc2C2(c3ccccc3N(c3ccccc3)c3cc(-n4c5ccccc5c5ccccc54)ccc32)c2cc3c(cc21)sc1ccccc13. The number of aromatic nitrogens is 1. The number of thiophene rings is 1. The molecule has 282 valence electrons. The number of hydrogen-bond acceptors (Lipinski definition) is 3. The molecule has 0 radical (unpaired) electrons. The Morgan fingerprint density at radius 1 is 0.400 bits per heavy atom. The third-order valence-corrected chi connectivity index (χ3v) is 17.3. The predicted octanol–water partition coefficient (Wildman–Crippen LogP) is 13.3. The fourth-order valence-corrected chi connectivity index (χ4v) is 15.0. The average molecular weight is 803 g/mol. The van der Waals surface area contributed by atoms with Crippen LogP contribution in [0, 0.1) is 0 Å². The third-order valence-electron chi connectivity index (χ3n) is 13.0. The van der Waals surface area contributed by atoms with Gasteiger partial charge in [0.2, 0.25) is 0 Å². The molecule has 4 heterocycles. The standard InChI is InChI=1S/C55H35N2OPS/c58-59(38-19-5-2-6-20-38)51-29-15-11-25-45(51)55(46-34-42-41-23-9-16-30-53(41)60-54(42)35-52(46)59)43-24-10-14-28-49(43)56(36-17-3-1-4-18-36)50-33-37(31-32-44(50)55)57-47-26-12-7-21-39(47)40-22-8-13-27-48(40)57/h1-35H. The predicted molar refractivity (Wildman–Crippen MR) is 253 cm³/mol. The summed E-state index contributed by atoms with van der Waals surface area (Å²) in [6, 6.07) is 76.3. The van der Waals surface area contributed by atoms with Crippen molar-refractivity contribution >= 4 is 93.4 Å². The number of nitrogens with zero attached hydrogens (tertiary/aromatic N) is 2. The number of para-hydroxylation sites is 4. The molecule has 2 unspecified atom stereocenters. The maximum Gasteiger partial charge on any atom is 0.171 e. The lowest BCUT2D eigenvalue weighted by Gasteiger charge is -2.50. The largest absolute Gasteiger partial charge is 0.310 e. The van der Waals surface area contributed by atoms with Crippen molar-refractivity contribution in [1.82, 2.24) is 4.57 Å². The van der Waals surface area contributed by atoms with Crippen LogP contribution in [0.2, 0.25) is 0 Å². The highest BCUT2D eigenvalue weighted by Crippen LogP contribution is 2.63. The molecule has 0 bridgehead atoms. The van der Waals surface area contributed by atoms with Gasteiger partial charge in [-0.15, -0.1) is 11.3 Å². The number of rotatable bonds is 3. The van der Waals surface area contributed by atoms with E-state index in [2.05, 4.69) is 204 Å². The van der Waals surface area contributed by atoms with Gasteiger partial charge in [-0.2, -0.15) is 0 Å². The van der Waals surface area contributed by atoms with Gasteiger partial charge in [-0.3, -0.25) is 0 Å². The summed E-state index contributed by atoms with van der Waals surface area (Å²) >= 11 is 1.79. The lowest BCUT2D eigenvalue weighted by molar-refractivity contribution is 0.590. The molecule has 9 aromatic carbocycles. The molecule has 2 aromatic heterocycles. The van der Waals surface area contributed by atoms with Crippen molar-refractivity contribution in [2.45, 2.75) is 5.41 Å². The summed E-state index contributed by atoms with van der Waals surface area (Å²) in [5, 5.41) is 7.53. The second-order valence-electron chi connectivity index (χ2n) is 15.9. The Balaban J connectivity index is 1.22. The molecule has 0 fully saturated rings. The van der Waals surface area contributed by atoms with E-state index in [9.17, 15) is 0 Å². The van der Waals surface area contributed by atoms with Crippen molar-refractivity contribution in [2.75, 3.05) is 4.90 Å². The first-order chi connectivity index (χ1) is 29.7. The molecule has 11 aromatic rings. The van der Waals surface area contributed by atoms with Gasteiger partial charge in [0, 0.05) is 58.2 Å². The molecule has 2 aliphatic heterocycles. The molecule has 13 rings (SSSR count). The third kappa shape index (κ3) is 4.37. The van der Waals surface area contributed by atoms with Gasteiger partial charge < -0.3 is 14.0 Å². The summed E-state index contributed by atoms with van der Waals surface area (Å²) in [7, 11) is -3.40. The van der Waals surface area contributed by atoms with Crippen LogP contribution >= 0.6 is 18.5 Å². The van der Waals surface area contributed by atoms with Gasteiger partial charge >= 0.3 is 0 Å². The molecular weight excluding hydrogens is 768 g/mol. The Labute approximate surface area is 351 Å². The number of benzene rings is 9. The molecule has 0 amide bonds. The highest BCUT2D eigenvalue weighted by molar-refractivity contribution is 7.85. The first-order valence-corrected chi connectivity index (χ1v) is 23.0. The summed E-state index contributed by atoms with van der Waals surface area (Å²) in [5.41, 5.74) is 10.3. The quantitative estimate of drug-likeness (QED) is 0.166. The van der Waals surface area contributed by atoms with E-state index in [0.717, 1.165) is 65.6 Å². The lowest BCUT2D eigenvalue weighted by atomic mass is 9.62. The molecule has 2 atom stereocenters. The van der Waals surface area contributed by atoms with Crippen LogP contribution in [0.25, 0.3) is 47.7 Å². The van der Waals surface area contributed by atoms with Gasteiger partial charge in [0.05, 0.1) is 27.8 Å². The van der Waals surface area contributed by atoms with Crippen LogP contribution in [0.15, 0.2) is 212 Å². The van der Waals surface area contributed by atoms with E-state index in [1.165, 1.54) is 37.3 Å². The van der Waals surface area contributed by atoms with E-state index in [-0.39, 0.29) is 0 Å². The second kappa shape index (κ2) is 12.5. The van der Waals surface area contributed by atoms with Crippen molar-refractivity contribution < 1.29 is 4.57 Å². The molecule has 0 saturated heterocycles. The monoisotopic (exact) mass is 802 g/mol. The summed E-state index contributed by atoms with van der Waals surface area (Å²) in [4.78, 5) is 2.44. The molecule has 0 N–H and O–H groups in total. The zero-order valence-corrected chi connectivity index (χ0v) is 34.1. The molecule has 5 heteroatoms. The Morgan fingerprint density at radius 2 is 1.00 bits per heavy atom. The number of hydrogen-bond donors (Lipinski definition) is 0. The minimum atomic E-state index is -3.40. The summed E-state index contributed by atoms with van der Waals surface area (Å²) < 4.78 is 21.5. The smallest absolute Gasteiger partial charge is 0.171 e. The van der Waals surface area contributed by atoms with E-state index < -0.39 is 12.6 Å². The normalized spacial score (nSPS) is 17.8. The van der Waals surface area contributed by atoms with Crippen LogP contribution in [0.1, 0.15) is 22.3 Å². The van der Waals surface area contributed by atoms with E-state index in [4.69, 9.17) is 0 Å². The van der Waals surface area contributed by atoms with Crippen LogP contribution < -0.4 is 20.8 Å². The lowest BCUT2D eigenvalue weighted by Crippen LogP contribution is -2.49. The minimum Gasteiger partial charge on any atom is -0.310 e. The molecule has 0 saturated carbocycles. The molecule has 0 aliphatic carbocycles. The fraction of sp³-hybridized carbons (Fsp3) is 0.0182. The zero-order valence-electron chi connectivity index (χ0n) is 32.4. The van der Waals surface area contributed by atoms with Gasteiger partial charge in [0.1, 0.15) is 0 Å². The Kier molecular flexibility index (Phi) is 7.08. The molecule has 2 aliphatic rings. The molecular formula is C55H35N2OPS. The summed E-state index contributed by atoms with van der Waals surface area (Å²) in [6.45, 7) is 0. The van der Waals surface area contributed by atoms with Gasteiger partial charge in [0.25, 0.3) is 0 Å². The van der Waals surface area contributed by atoms with E-state index in [1.807, 2.05) is 18.2 Å². The number of anilines is 3. The van der Waals surface area contributed by atoms with Crippen molar-refractivity contribution in [1.29, 1.82) is 0 Å². The maximum absolute atomic E-state index is 16.7. The van der Waals surface area contributed by atoms with Gasteiger partial charge in [0.15, 0.2) is 7.14 Å². The summed E-state index contributed by atoms with van der Waals surface area (Å²) in [5.74, 6) is 0. The first-order valence-electron chi connectivity index (χ1n) is 20.5. The van der Waals surface area contributed by atoms with E-state index in [1.54, 1.807) is 11.3 Å². The maximum atomic E-state index is 16.7. The highest BCUT2D eigenvalue weighted by Gasteiger charge is 2.55. The Morgan fingerprint density at radius 3 is 1.77 bits per heavy atom. The van der Waals surface area contributed by atoms with Gasteiger partial charge in [-0.1, -0.05) is 152 Å². The highest BCUT2D eigenvalue weighted by atomic mass is 32.1. The molecule has 1 spiro atoms. The van der Waals surface area contributed by atoms with Crippen molar-refractivity contribution in [3.05, 3.63) is 235 Å². The van der Waals surface area contributed by atoms with Crippen molar-refractivity contribution in [2.24, 2.45) is 0 Å². The Bertz CT molecular complexity index is 3550. The van der Waals surface area contributed by atoms with E-state index >= 15 is 4.57 Å². The van der Waals surface area contributed by atoms with Crippen LogP contribution in [0.3, 0.4) is 0 Å². The topological polar surface area (TPSA) is 25.2 Å². The van der Waals surface area contributed by atoms with Crippen molar-refractivity contribution in [3.8, 4) is 5.69 Å². The van der Waals surface area contributed by atoms with Crippen LogP contribution in [0.5, 0.6) is 0 Å². The van der Waals surface area contributed by atoms with Crippen LogP contribution in [0.4, 0.5) is 17.1 Å².